The van der Waals surface area contributed by atoms with Crippen LogP contribution < -0.4 is 20.5 Å². The summed E-state index contributed by atoms with van der Waals surface area (Å²) >= 11 is 3.66. The molecule has 0 radical (unpaired) electrons. The standard InChI is InChI=1S/C17H19BrN4O2/c1-22(12-8-9-13(24-2)19-10-12)17(23)16-14(18)15(20-21-16)11-6-4-3-5-7-11/h3-10,14-16,20-21H,1-2H3. The van der Waals surface area contributed by atoms with Crippen molar-refractivity contribution in [2.24, 2.45) is 0 Å². The second kappa shape index (κ2) is 7.29. The average Bonchev–Trinajstić information content (AvgIpc) is 3.02. The van der Waals surface area contributed by atoms with E-state index in [0.29, 0.717) is 11.6 Å². The van der Waals surface area contributed by atoms with Crippen molar-refractivity contribution in [3.63, 3.8) is 0 Å². The summed E-state index contributed by atoms with van der Waals surface area (Å²) in [5.74, 6) is 0.470. The number of nitrogens with zero attached hydrogens (tertiary/aromatic N) is 2. The first-order chi connectivity index (χ1) is 11.6. The highest BCUT2D eigenvalue weighted by Crippen LogP contribution is 2.30. The van der Waals surface area contributed by atoms with Gasteiger partial charge in [0.1, 0.15) is 6.04 Å². The lowest BCUT2D eigenvalue weighted by atomic mass is 10.0. The molecule has 2 aromatic rings. The van der Waals surface area contributed by atoms with E-state index in [4.69, 9.17) is 4.74 Å². The number of likely N-dealkylation sites (N-methyl/N-ethyl adjacent to an activating group) is 1. The summed E-state index contributed by atoms with van der Waals surface area (Å²) in [6.45, 7) is 0. The van der Waals surface area contributed by atoms with Gasteiger partial charge >= 0.3 is 0 Å². The summed E-state index contributed by atoms with van der Waals surface area (Å²) in [7, 11) is 3.30. The molecule has 1 amide bonds. The second-order valence-electron chi connectivity index (χ2n) is 5.56. The van der Waals surface area contributed by atoms with E-state index in [-0.39, 0.29) is 22.8 Å². The molecule has 0 bridgehead atoms. The Morgan fingerprint density at radius 2 is 1.96 bits per heavy atom. The molecule has 0 saturated carbocycles. The van der Waals surface area contributed by atoms with Crippen molar-refractivity contribution in [1.29, 1.82) is 0 Å². The quantitative estimate of drug-likeness (QED) is 0.781. The van der Waals surface area contributed by atoms with Crippen molar-refractivity contribution in [2.45, 2.75) is 16.9 Å². The predicted octanol–water partition coefficient (Wildman–Crippen LogP) is 2.03. The molecule has 2 N–H and O–H groups in total. The van der Waals surface area contributed by atoms with Gasteiger partial charge in [-0.2, -0.15) is 0 Å². The molecule has 3 rings (SSSR count). The number of alkyl halides is 1. The molecule has 6 nitrogen and oxygen atoms in total. The van der Waals surface area contributed by atoms with Crippen LogP contribution in [-0.2, 0) is 4.79 Å². The third-order valence-electron chi connectivity index (χ3n) is 4.10. The van der Waals surface area contributed by atoms with E-state index in [1.165, 1.54) is 0 Å². The number of methoxy groups -OCH3 is 1. The number of rotatable bonds is 4. The minimum absolute atomic E-state index is 0.0162. The molecule has 7 heteroatoms. The fourth-order valence-electron chi connectivity index (χ4n) is 2.68. The van der Waals surface area contributed by atoms with E-state index in [1.54, 1.807) is 31.3 Å². The van der Waals surface area contributed by atoms with Crippen LogP contribution in [0.1, 0.15) is 11.6 Å². The summed E-state index contributed by atoms with van der Waals surface area (Å²) in [5, 5.41) is 0. The minimum atomic E-state index is -0.387. The Kier molecular flexibility index (Phi) is 5.13. The minimum Gasteiger partial charge on any atom is -0.481 e. The SMILES string of the molecule is COc1ccc(N(C)C(=O)C2NNC(c3ccccc3)C2Br)cn1. The molecule has 1 aromatic carbocycles. The number of carbonyl (C=O) groups is 1. The molecule has 1 aliphatic heterocycles. The Morgan fingerprint density at radius 1 is 1.21 bits per heavy atom. The number of nitrogens with one attached hydrogen (secondary N) is 2. The number of ether oxygens (including phenoxy) is 1. The van der Waals surface area contributed by atoms with Gasteiger partial charge in [0, 0.05) is 13.1 Å². The van der Waals surface area contributed by atoms with E-state index in [2.05, 4.69) is 31.8 Å². The monoisotopic (exact) mass is 390 g/mol. The molecule has 1 aliphatic rings. The Morgan fingerprint density at radius 3 is 2.58 bits per heavy atom. The van der Waals surface area contributed by atoms with Gasteiger partial charge in [0.25, 0.3) is 0 Å². The third-order valence-corrected chi connectivity index (χ3v) is 5.16. The van der Waals surface area contributed by atoms with Gasteiger partial charge in [-0.1, -0.05) is 46.3 Å². The molecule has 3 atom stereocenters. The fourth-order valence-corrected chi connectivity index (χ4v) is 3.48. The number of aromatic nitrogens is 1. The topological polar surface area (TPSA) is 66.5 Å². The van der Waals surface area contributed by atoms with Crippen molar-refractivity contribution in [3.05, 3.63) is 54.2 Å². The largest absolute Gasteiger partial charge is 0.481 e. The zero-order chi connectivity index (χ0) is 17.1. The van der Waals surface area contributed by atoms with Gasteiger partial charge < -0.3 is 9.64 Å². The van der Waals surface area contributed by atoms with E-state index >= 15 is 0 Å². The molecule has 24 heavy (non-hydrogen) atoms. The maximum absolute atomic E-state index is 12.8. The molecule has 3 unspecified atom stereocenters. The highest BCUT2D eigenvalue weighted by Gasteiger charge is 2.40. The van der Waals surface area contributed by atoms with Gasteiger partial charge in [0.05, 0.1) is 29.9 Å². The molecular weight excluding hydrogens is 372 g/mol. The van der Waals surface area contributed by atoms with Gasteiger partial charge in [0.2, 0.25) is 11.8 Å². The number of amides is 1. The van der Waals surface area contributed by atoms with Gasteiger partial charge in [-0.15, -0.1) is 0 Å². The molecule has 2 heterocycles. The van der Waals surface area contributed by atoms with E-state index in [0.717, 1.165) is 5.56 Å². The van der Waals surface area contributed by atoms with Crippen molar-refractivity contribution >= 4 is 27.5 Å². The summed E-state index contributed by atoms with van der Waals surface area (Å²) in [6.07, 6.45) is 1.62. The maximum Gasteiger partial charge on any atom is 0.246 e. The second-order valence-corrected chi connectivity index (χ2v) is 6.61. The number of carbonyl (C=O) groups excluding carboxylic acids is 1. The predicted molar refractivity (Wildman–Crippen MR) is 96.2 cm³/mol. The van der Waals surface area contributed by atoms with Gasteiger partial charge in [-0.05, 0) is 11.6 Å². The number of benzene rings is 1. The third kappa shape index (κ3) is 3.28. The molecule has 1 saturated heterocycles. The van der Waals surface area contributed by atoms with E-state index in [9.17, 15) is 4.79 Å². The van der Waals surface area contributed by atoms with E-state index < -0.39 is 0 Å². The Hall–Kier alpha value is -1.96. The molecule has 0 spiro atoms. The smallest absolute Gasteiger partial charge is 0.246 e. The number of anilines is 1. The highest BCUT2D eigenvalue weighted by atomic mass is 79.9. The van der Waals surface area contributed by atoms with Crippen LogP contribution in [0.3, 0.4) is 0 Å². The van der Waals surface area contributed by atoms with Crippen molar-refractivity contribution in [2.75, 3.05) is 19.1 Å². The van der Waals surface area contributed by atoms with Crippen LogP contribution in [0, 0.1) is 0 Å². The van der Waals surface area contributed by atoms with Crippen LogP contribution >= 0.6 is 15.9 Å². The molecular formula is C17H19BrN4O2. The van der Waals surface area contributed by atoms with Crippen LogP contribution in [0.25, 0.3) is 0 Å². The van der Waals surface area contributed by atoms with Gasteiger partial charge in [-0.25, -0.2) is 15.8 Å². The summed E-state index contributed by atoms with van der Waals surface area (Å²) < 4.78 is 5.04. The maximum atomic E-state index is 12.8. The normalized spacial score (nSPS) is 23.0. The molecule has 0 aliphatic carbocycles. The Labute approximate surface area is 149 Å². The number of pyridine rings is 1. The van der Waals surface area contributed by atoms with Crippen molar-refractivity contribution in [1.82, 2.24) is 15.8 Å². The number of halogens is 1. The lowest BCUT2D eigenvalue weighted by molar-refractivity contribution is -0.119. The van der Waals surface area contributed by atoms with Gasteiger partial charge in [-0.3, -0.25) is 4.79 Å². The van der Waals surface area contributed by atoms with Crippen LogP contribution in [0.15, 0.2) is 48.7 Å². The van der Waals surface area contributed by atoms with Crippen LogP contribution in [0.2, 0.25) is 0 Å². The zero-order valence-electron chi connectivity index (χ0n) is 13.4. The van der Waals surface area contributed by atoms with E-state index in [1.807, 2.05) is 36.4 Å². The first-order valence-corrected chi connectivity index (χ1v) is 8.51. The van der Waals surface area contributed by atoms with Crippen LogP contribution in [-0.4, -0.2) is 35.9 Å². The van der Waals surface area contributed by atoms with Crippen LogP contribution in [0.5, 0.6) is 5.88 Å². The van der Waals surface area contributed by atoms with Gasteiger partial charge in [0.15, 0.2) is 0 Å². The lowest BCUT2D eigenvalue weighted by Gasteiger charge is -2.23. The summed E-state index contributed by atoms with van der Waals surface area (Å²) in [6, 6.07) is 13.2. The average molecular weight is 391 g/mol. The summed E-state index contributed by atoms with van der Waals surface area (Å²) in [4.78, 5) is 18.5. The molecule has 1 aromatic heterocycles. The Bertz CT molecular complexity index is 695. The number of hydrogen-bond acceptors (Lipinski definition) is 5. The lowest BCUT2D eigenvalue weighted by Crippen LogP contribution is -2.46. The first-order valence-electron chi connectivity index (χ1n) is 7.59. The molecule has 126 valence electrons. The summed E-state index contributed by atoms with van der Waals surface area (Å²) in [5.41, 5.74) is 8.13. The number of hydrogen-bond donors (Lipinski definition) is 2. The molecule has 1 fully saturated rings. The van der Waals surface area contributed by atoms with Crippen molar-refractivity contribution in [3.8, 4) is 5.88 Å². The Balaban J connectivity index is 1.72. The first kappa shape index (κ1) is 16.9. The fraction of sp³-hybridized carbons (Fsp3) is 0.294. The van der Waals surface area contributed by atoms with Crippen LogP contribution in [0.4, 0.5) is 5.69 Å². The number of hydrazine groups is 1. The van der Waals surface area contributed by atoms with Crippen molar-refractivity contribution < 1.29 is 9.53 Å². The highest BCUT2D eigenvalue weighted by molar-refractivity contribution is 9.09. The zero-order valence-corrected chi connectivity index (χ0v) is 15.0.